The molecular formula is C33H38INO8. The van der Waals surface area contributed by atoms with Gasteiger partial charge in [-0.05, 0) is 91.6 Å². The molecule has 10 heteroatoms. The first-order valence-corrected chi connectivity index (χ1v) is 15.7. The number of halogens is 1. The summed E-state index contributed by atoms with van der Waals surface area (Å²) in [5.74, 6) is 0.591. The van der Waals surface area contributed by atoms with Gasteiger partial charge < -0.3 is 28.6 Å². The molecular weight excluding hydrogens is 665 g/mol. The fourth-order valence-corrected chi connectivity index (χ4v) is 6.27. The maximum atomic E-state index is 13.0. The number of benzene rings is 2. The molecule has 43 heavy (non-hydrogen) atoms. The summed E-state index contributed by atoms with van der Waals surface area (Å²) in [6.07, 6.45) is 4.58. The van der Waals surface area contributed by atoms with Crippen molar-refractivity contribution in [3.05, 3.63) is 68.8 Å². The van der Waals surface area contributed by atoms with Gasteiger partial charge in [0.1, 0.15) is 24.4 Å². The molecule has 5 rings (SSSR count). The number of hydrogen-bond acceptors (Lipinski definition) is 8. The molecule has 0 saturated heterocycles. The fraction of sp³-hybridized carbons (Fsp3) is 0.485. The number of carbonyl (C=O) groups is 3. The number of ether oxygens (including phenoxy) is 5. The number of rotatable bonds is 8. The van der Waals surface area contributed by atoms with Crippen LogP contribution < -0.4 is 9.47 Å². The van der Waals surface area contributed by atoms with Crippen LogP contribution in [0.2, 0.25) is 0 Å². The lowest BCUT2D eigenvalue weighted by Gasteiger charge is -2.36. The van der Waals surface area contributed by atoms with E-state index in [4.69, 9.17) is 23.7 Å². The predicted molar refractivity (Wildman–Crippen MR) is 167 cm³/mol. The van der Waals surface area contributed by atoms with Crippen LogP contribution in [0.25, 0.3) is 0 Å². The van der Waals surface area contributed by atoms with Gasteiger partial charge in [-0.15, -0.1) is 0 Å². The van der Waals surface area contributed by atoms with E-state index < -0.39 is 17.1 Å². The van der Waals surface area contributed by atoms with Gasteiger partial charge in [-0.1, -0.05) is 24.3 Å². The molecule has 3 atom stereocenters. The van der Waals surface area contributed by atoms with Crippen molar-refractivity contribution in [1.29, 1.82) is 0 Å². The zero-order valence-corrected chi connectivity index (χ0v) is 27.2. The molecule has 2 aromatic carbocycles. The van der Waals surface area contributed by atoms with Crippen LogP contribution in [0.4, 0.5) is 4.79 Å². The molecule has 9 nitrogen and oxygen atoms in total. The maximum absolute atomic E-state index is 13.0. The lowest BCUT2D eigenvalue weighted by atomic mass is 9.69. The summed E-state index contributed by atoms with van der Waals surface area (Å²) in [5.41, 5.74) is 1.84. The highest BCUT2D eigenvalue weighted by molar-refractivity contribution is 14.1. The molecule has 1 spiro atoms. The molecule has 0 N–H and O–H groups in total. The van der Waals surface area contributed by atoms with Gasteiger partial charge in [0.05, 0.1) is 12.5 Å². The highest BCUT2D eigenvalue weighted by Crippen LogP contribution is 2.56. The molecule has 0 unspecified atom stereocenters. The van der Waals surface area contributed by atoms with Crippen molar-refractivity contribution in [3.63, 3.8) is 0 Å². The van der Waals surface area contributed by atoms with E-state index in [1.165, 1.54) is 0 Å². The summed E-state index contributed by atoms with van der Waals surface area (Å²) in [5, 5.41) is 0. The zero-order valence-electron chi connectivity index (χ0n) is 25.0. The Balaban J connectivity index is 1.20. The van der Waals surface area contributed by atoms with Crippen LogP contribution in [0, 0.1) is 3.57 Å². The molecule has 0 aromatic heterocycles. The van der Waals surface area contributed by atoms with Gasteiger partial charge in [0, 0.05) is 41.5 Å². The minimum absolute atomic E-state index is 0.114. The van der Waals surface area contributed by atoms with E-state index in [1.54, 1.807) is 12.0 Å². The lowest BCUT2D eigenvalue weighted by molar-refractivity contribution is -0.149. The average molecular weight is 704 g/mol. The summed E-state index contributed by atoms with van der Waals surface area (Å²) in [6.45, 7) is 6.67. The van der Waals surface area contributed by atoms with Gasteiger partial charge in [0.15, 0.2) is 11.5 Å². The van der Waals surface area contributed by atoms with E-state index in [-0.39, 0.29) is 43.6 Å². The summed E-state index contributed by atoms with van der Waals surface area (Å²) >= 11 is 2.22. The molecule has 0 radical (unpaired) electrons. The van der Waals surface area contributed by atoms with E-state index in [0.717, 1.165) is 20.3 Å². The van der Waals surface area contributed by atoms with E-state index in [0.29, 0.717) is 43.9 Å². The van der Waals surface area contributed by atoms with E-state index in [2.05, 4.69) is 28.7 Å². The summed E-state index contributed by atoms with van der Waals surface area (Å²) < 4.78 is 30.1. The third-order valence-corrected chi connectivity index (χ3v) is 8.67. The molecule has 1 amide bonds. The van der Waals surface area contributed by atoms with Crippen molar-refractivity contribution in [2.24, 2.45) is 0 Å². The normalized spacial score (nSPS) is 22.0. The Bertz CT molecular complexity index is 1400. The molecule has 0 saturated carbocycles. The molecule has 0 fully saturated rings. The van der Waals surface area contributed by atoms with Crippen LogP contribution in [-0.2, 0) is 42.4 Å². The Morgan fingerprint density at radius 3 is 2.53 bits per heavy atom. The second-order valence-corrected chi connectivity index (χ2v) is 13.4. The van der Waals surface area contributed by atoms with Crippen LogP contribution in [0.15, 0.2) is 48.6 Å². The molecule has 2 aliphatic heterocycles. The van der Waals surface area contributed by atoms with Crippen LogP contribution in [0.3, 0.4) is 0 Å². The Hall–Kier alpha value is -3.28. The first-order chi connectivity index (χ1) is 20.5. The predicted octanol–water partition coefficient (Wildman–Crippen LogP) is 6.22. The van der Waals surface area contributed by atoms with Crippen LogP contribution in [0.5, 0.6) is 11.5 Å². The quantitative estimate of drug-likeness (QED) is 0.138. The van der Waals surface area contributed by atoms with Crippen LogP contribution in [-0.4, -0.2) is 54.4 Å². The minimum atomic E-state index is -0.596. The van der Waals surface area contributed by atoms with Crippen LogP contribution >= 0.6 is 22.6 Å². The van der Waals surface area contributed by atoms with Crippen LogP contribution in [0.1, 0.15) is 69.6 Å². The fourth-order valence-electron chi connectivity index (χ4n) is 5.92. The van der Waals surface area contributed by atoms with E-state index in [9.17, 15) is 14.4 Å². The molecule has 2 heterocycles. The van der Waals surface area contributed by atoms with Gasteiger partial charge in [0.25, 0.3) is 0 Å². The van der Waals surface area contributed by atoms with Crippen molar-refractivity contribution < 1.29 is 38.1 Å². The monoisotopic (exact) mass is 703 g/mol. The second kappa shape index (κ2) is 12.8. The van der Waals surface area contributed by atoms with Crippen molar-refractivity contribution in [3.8, 4) is 11.5 Å². The Kier molecular flexibility index (Phi) is 9.24. The average Bonchev–Trinajstić information content (AvgIpc) is 3.18. The summed E-state index contributed by atoms with van der Waals surface area (Å²) in [6, 6.07) is 11.6. The first-order valence-electron chi connectivity index (χ1n) is 14.6. The third kappa shape index (κ3) is 7.11. The number of esters is 2. The molecule has 0 bridgehead atoms. The van der Waals surface area contributed by atoms with E-state index >= 15 is 0 Å². The minimum Gasteiger partial charge on any atom is -0.493 e. The highest BCUT2D eigenvalue weighted by Gasteiger charge is 2.54. The van der Waals surface area contributed by atoms with Gasteiger partial charge in [-0.2, -0.15) is 0 Å². The van der Waals surface area contributed by atoms with E-state index in [1.807, 2.05) is 63.2 Å². The van der Waals surface area contributed by atoms with Gasteiger partial charge in [-0.3, -0.25) is 9.59 Å². The van der Waals surface area contributed by atoms with Crippen molar-refractivity contribution in [2.75, 3.05) is 13.7 Å². The topological polar surface area (TPSA) is 101 Å². The van der Waals surface area contributed by atoms with Gasteiger partial charge in [-0.25, -0.2) is 4.79 Å². The smallest absolute Gasteiger partial charge is 0.410 e. The van der Waals surface area contributed by atoms with Crippen molar-refractivity contribution in [1.82, 2.24) is 4.90 Å². The zero-order chi connectivity index (χ0) is 30.8. The SMILES string of the molecule is COc1ccc2c3c1O[C@@H]1C[C@H](OC(=O)CCCC(=O)OCc4ccc(I)cc4)C=C[C@@]31CCN(C(=O)OC(C)(C)C)C2. The lowest BCUT2D eigenvalue weighted by Crippen LogP contribution is -2.44. The number of nitrogens with zero attached hydrogens (tertiary/aromatic N) is 1. The Morgan fingerprint density at radius 1 is 1.07 bits per heavy atom. The van der Waals surface area contributed by atoms with Crippen molar-refractivity contribution in [2.45, 2.75) is 89.3 Å². The summed E-state index contributed by atoms with van der Waals surface area (Å²) in [4.78, 5) is 39.6. The Morgan fingerprint density at radius 2 is 1.81 bits per heavy atom. The van der Waals surface area contributed by atoms with Gasteiger partial charge >= 0.3 is 18.0 Å². The number of carbonyl (C=O) groups excluding carboxylic acids is 3. The molecule has 2 aromatic rings. The maximum Gasteiger partial charge on any atom is 0.410 e. The van der Waals surface area contributed by atoms with Crippen molar-refractivity contribution >= 4 is 40.6 Å². The third-order valence-electron chi connectivity index (χ3n) is 7.95. The molecule has 1 aliphatic carbocycles. The number of hydrogen-bond donors (Lipinski definition) is 0. The highest BCUT2D eigenvalue weighted by atomic mass is 127. The molecule has 230 valence electrons. The first kappa shape index (κ1) is 31.2. The number of methoxy groups -OCH3 is 1. The summed E-state index contributed by atoms with van der Waals surface area (Å²) in [7, 11) is 1.61. The molecule has 3 aliphatic rings. The number of amides is 1. The largest absolute Gasteiger partial charge is 0.493 e. The Labute approximate surface area is 266 Å². The second-order valence-electron chi connectivity index (χ2n) is 12.2. The van der Waals surface area contributed by atoms with Gasteiger partial charge in [0.2, 0.25) is 0 Å². The standard InChI is InChI=1S/C33H38INO8/c1-32(2,3)43-31(38)35-17-16-33-15-14-24(18-26(33)42-30-25(39-4)13-10-22(19-35)29(30)33)41-28(37)7-5-6-27(36)40-20-21-8-11-23(34)12-9-21/h8-15,24,26H,5-7,16-20H2,1-4H3/t24-,26-,33+/m1/s1.